The lowest BCUT2D eigenvalue weighted by Crippen LogP contribution is -2.53. The Hall–Kier alpha value is -3.60. The zero-order chi connectivity index (χ0) is 29.6. The van der Waals surface area contributed by atoms with Crippen molar-refractivity contribution in [3.05, 3.63) is 55.0 Å². The number of nitrogens with zero attached hydrogens (tertiary/aromatic N) is 6. The number of hydrogen-bond donors (Lipinski definition) is 1. The van der Waals surface area contributed by atoms with Crippen LogP contribution in [0, 0.1) is 5.92 Å². The van der Waals surface area contributed by atoms with Gasteiger partial charge in [-0.1, -0.05) is 12.1 Å². The summed E-state index contributed by atoms with van der Waals surface area (Å²) in [5.74, 6) is 1.86. The number of fused-ring (bicyclic) bond motifs is 2. The van der Waals surface area contributed by atoms with Gasteiger partial charge in [-0.2, -0.15) is 4.98 Å². The maximum atomic E-state index is 13.3. The second-order valence-electron chi connectivity index (χ2n) is 12.6. The van der Waals surface area contributed by atoms with Crippen LogP contribution in [0.2, 0.25) is 0 Å². The third-order valence-electron chi connectivity index (χ3n) is 9.94. The van der Waals surface area contributed by atoms with E-state index in [-0.39, 0.29) is 17.2 Å². The number of benzene rings is 1. The number of piperidine rings is 1. The van der Waals surface area contributed by atoms with Gasteiger partial charge in [-0.15, -0.1) is 0 Å². The van der Waals surface area contributed by atoms with Gasteiger partial charge in [-0.05, 0) is 75.4 Å². The van der Waals surface area contributed by atoms with Crippen LogP contribution in [0.15, 0.2) is 55.0 Å². The number of amides is 1. The van der Waals surface area contributed by atoms with Crippen molar-refractivity contribution >= 4 is 38.3 Å². The Morgan fingerprint density at radius 2 is 1.79 bits per heavy atom. The van der Waals surface area contributed by atoms with Gasteiger partial charge in [0.05, 0.1) is 10.8 Å². The van der Waals surface area contributed by atoms with Crippen molar-refractivity contribution < 1.29 is 13.2 Å². The third-order valence-corrected chi connectivity index (χ3v) is 11.6. The van der Waals surface area contributed by atoms with Gasteiger partial charge in [0, 0.05) is 80.4 Å². The lowest BCUT2D eigenvalue weighted by Gasteiger charge is -2.40. The van der Waals surface area contributed by atoms with E-state index in [0.717, 1.165) is 87.2 Å². The first kappa shape index (κ1) is 28.2. The fourth-order valence-corrected chi connectivity index (χ4v) is 8.53. The molecular weight excluding hydrogens is 562 g/mol. The molecule has 1 atom stereocenters. The SMILES string of the molecule is CS(=O)(=O)C1CCN(c2cccc3c2ccn3-c2ccnc(NC3CCC(C(=O)N4CCN5C=CCC5C4)CC3)n2)CC1. The number of rotatable bonds is 6. The molecule has 1 N–H and O–H groups in total. The zero-order valence-electron chi connectivity index (χ0n) is 24.8. The molecule has 11 heteroatoms. The van der Waals surface area contributed by atoms with Gasteiger partial charge in [-0.25, -0.2) is 13.4 Å². The second-order valence-corrected chi connectivity index (χ2v) is 15.0. The molecule has 2 aromatic heterocycles. The van der Waals surface area contributed by atoms with Crippen LogP contribution >= 0.6 is 0 Å². The highest BCUT2D eigenvalue weighted by Crippen LogP contribution is 2.33. The van der Waals surface area contributed by atoms with Crippen molar-refractivity contribution in [3.63, 3.8) is 0 Å². The Morgan fingerprint density at radius 3 is 2.58 bits per heavy atom. The maximum Gasteiger partial charge on any atom is 0.225 e. The number of aromatic nitrogens is 3. The predicted octanol–water partition coefficient (Wildman–Crippen LogP) is 3.83. The molecule has 0 bridgehead atoms. The normalized spacial score (nSPS) is 24.9. The molecule has 1 saturated carbocycles. The van der Waals surface area contributed by atoms with Gasteiger partial charge in [0.2, 0.25) is 11.9 Å². The largest absolute Gasteiger partial charge is 0.371 e. The summed E-state index contributed by atoms with van der Waals surface area (Å²) in [6.45, 7) is 4.08. The van der Waals surface area contributed by atoms with Crippen molar-refractivity contribution in [3.8, 4) is 5.82 Å². The van der Waals surface area contributed by atoms with E-state index in [9.17, 15) is 13.2 Å². The third kappa shape index (κ3) is 5.71. The number of hydrogen-bond acceptors (Lipinski definition) is 8. The van der Waals surface area contributed by atoms with E-state index in [2.05, 4.69) is 66.1 Å². The van der Waals surface area contributed by atoms with Crippen LogP contribution in [-0.2, 0) is 14.6 Å². The number of carbonyl (C=O) groups is 1. The van der Waals surface area contributed by atoms with Gasteiger partial charge in [0.1, 0.15) is 15.7 Å². The fourth-order valence-electron chi connectivity index (χ4n) is 7.46. The molecule has 5 heterocycles. The Morgan fingerprint density at radius 1 is 0.977 bits per heavy atom. The summed E-state index contributed by atoms with van der Waals surface area (Å²) in [5.41, 5.74) is 2.18. The highest BCUT2D eigenvalue weighted by Gasteiger charge is 2.34. The monoisotopic (exact) mass is 603 g/mol. The van der Waals surface area contributed by atoms with Crippen LogP contribution in [0.1, 0.15) is 44.9 Å². The molecule has 1 amide bonds. The van der Waals surface area contributed by atoms with E-state index in [1.807, 2.05) is 12.3 Å². The Labute approximate surface area is 253 Å². The van der Waals surface area contributed by atoms with Crippen molar-refractivity contribution in [2.75, 3.05) is 49.2 Å². The average molecular weight is 604 g/mol. The summed E-state index contributed by atoms with van der Waals surface area (Å²) in [5, 5.41) is 4.42. The number of sulfone groups is 1. The number of nitrogens with one attached hydrogen (secondary N) is 1. The van der Waals surface area contributed by atoms with Gasteiger partial charge < -0.3 is 24.6 Å². The van der Waals surface area contributed by atoms with Gasteiger partial charge in [0.25, 0.3) is 0 Å². The smallest absolute Gasteiger partial charge is 0.225 e. The zero-order valence-corrected chi connectivity index (χ0v) is 25.6. The van der Waals surface area contributed by atoms with Crippen LogP contribution in [0.4, 0.5) is 11.6 Å². The van der Waals surface area contributed by atoms with Crippen LogP contribution in [0.5, 0.6) is 0 Å². The molecule has 3 aliphatic heterocycles. The summed E-state index contributed by atoms with van der Waals surface area (Å²) < 4.78 is 26.1. The van der Waals surface area contributed by atoms with Gasteiger partial charge in [-0.3, -0.25) is 4.79 Å². The van der Waals surface area contributed by atoms with Gasteiger partial charge >= 0.3 is 0 Å². The molecule has 3 fully saturated rings. The van der Waals surface area contributed by atoms with Crippen molar-refractivity contribution in [2.45, 2.75) is 62.3 Å². The fraction of sp³-hybridized carbons (Fsp3) is 0.531. The van der Waals surface area contributed by atoms with Crippen molar-refractivity contribution in [1.29, 1.82) is 0 Å². The first-order valence-corrected chi connectivity index (χ1v) is 17.6. The van der Waals surface area contributed by atoms with E-state index in [0.29, 0.717) is 30.7 Å². The molecule has 10 nitrogen and oxygen atoms in total. The molecule has 7 rings (SSSR count). The first-order valence-electron chi connectivity index (χ1n) is 15.7. The average Bonchev–Trinajstić information content (AvgIpc) is 3.68. The van der Waals surface area contributed by atoms with Crippen LogP contribution < -0.4 is 10.2 Å². The number of piperazine rings is 1. The summed E-state index contributed by atoms with van der Waals surface area (Å²) in [7, 11) is -3.01. The van der Waals surface area contributed by atoms with E-state index in [1.165, 1.54) is 6.26 Å². The molecule has 43 heavy (non-hydrogen) atoms. The lowest BCUT2D eigenvalue weighted by molar-refractivity contribution is -0.139. The highest BCUT2D eigenvalue weighted by molar-refractivity contribution is 7.91. The van der Waals surface area contributed by atoms with Crippen LogP contribution in [-0.4, -0.2) is 95.0 Å². The Kier molecular flexibility index (Phi) is 7.53. The summed E-state index contributed by atoms with van der Waals surface area (Å²) in [4.78, 5) is 29.4. The Bertz CT molecular complexity index is 1620. The molecule has 4 aliphatic rings. The van der Waals surface area contributed by atoms with Gasteiger partial charge in [0.15, 0.2) is 0 Å². The van der Waals surface area contributed by atoms with Crippen molar-refractivity contribution in [1.82, 2.24) is 24.3 Å². The predicted molar refractivity (Wildman–Crippen MR) is 169 cm³/mol. The van der Waals surface area contributed by atoms with E-state index >= 15 is 0 Å². The van der Waals surface area contributed by atoms with E-state index in [1.54, 1.807) is 6.20 Å². The molecule has 1 aliphatic carbocycles. The van der Waals surface area contributed by atoms with Crippen molar-refractivity contribution in [2.24, 2.45) is 5.92 Å². The molecule has 0 spiro atoms. The van der Waals surface area contributed by atoms with Crippen LogP contribution in [0.3, 0.4) is 0 Å². The van der Waals surface area contributed by atoms with E-state index in [4.69, 9.17) is 4.98 Å². The molecule has 2 saturated heterocycles. The lowest BCUT2D eigenvalue weighted by atomic mass is 9.85. The molecular formula is C32H41N7O3S. The first-order chi connectivity index (χ1) is 20.8. The summed E-state index contributed by atoms with van der Waals surface area (Å²) in [6, 6.07) is 11.0. The highest BCUT2D eigenvalue weighted by atomic mass is 32.2. The molecule has 228 valence electrons. The molecule has 3 aromatic rings. The molecule has 0 radical (unpaired) electrons. The van der Waals surface area contributed by atoms with Crippen LogP contribution in [0.25, 0.3) is 16.7 Å². The molecule has 1 unspecified atom stereocenters. The second kappa shape index (κ2) is 11.5. The standard InChI is InChI=1S/C32H41N7O3S/c1-43(41,42)26-12-17-37(18-13-26)28-5-2-6-29-27(28)14-19-39(29)30-11-15-33-32(35-30)34-24-9-7-23(8-10-24)31(40)38-21-20-36-16-3-4-25(36)22-38/h2-3,5-6,11,14-16,19,23-26H,4,7-10,12-13,17-18,20-22H2,1H3,(H,33,34,35). The number of carbonyl (C=O) groups excluding carboxylic acids is 1. The summed E-state index contributed by atoms with van der Waals surface area (Å²) >= 11 is 0. The minimum absolute atomic E-state index is 0.115. The topological polar surface area (TPSA) is 104 Å². The minimum atomic E-state index is -3.01. The Balaban J connectivity index is 0.987. The van der Waals surface area contributed by atoms with E-state index < -0.39 is 9.84 Å². The summed E-state index contributed by atoms with van der Waals surface area (Å²) in [6.07, 6.45) is 15.6. The molecule has 1 aromatic carbocycles. The quantitative estimate of drug-likeness (QED) is 0.454. The minimum Gasteiger partial charge on any atom is -0.371 e. The maximum absolute atomic E-state index is 13.3. The number of anilines is 2.